The number of hydrogen-bond acceptors (Lipinski definition) is 3. The highest BCUT2D eigenvalue weighted by molar-refractivity contribution is 5.42. The molecule has 0 heterocycles. The SMILES string of the molecule is C=C[C@@H](N)c1ccc(O)c(O)c1. The standard InChI is InChI=1S/C9H11NO2/c1-2-7(10)6-3-4-8(11)9(12)5-6/h2-5,7,11-12H,1,10H2/t7-/m1/s1. The Morgan fingerprint density at radius 2 is 2.00 bits per heavy atom. The van der Waals surface area contributed by atoms with E-state index in [0.29, 0.717) is 0 Å². The highest BCUT2D eigenvalue weighted by Gasteiger charge is 2.04. The zero-order chi connectivity index (χ0) is 9.14. The van der Waals surface area contributed by atoms with Crippen LogP contribution in [0.5, 0.6) is 11.5 Å². The number of benzene rings is 1. The fraction of sp³-hybridized carbons (Fsp3) is 0.111. The van der Waals surface area contributed by atoms with Gasteiger partial charge in [-0.3, -0.25) is 0 Å². The molecule has 0 saturated heterocycles. The van der Waals surface area contributed by atoms with Gasteiger partial charge in [-0.05, 0) is 17.7 Å². The summed E-state index contributed by atoms with van der Waals surface area (Å²) >= 11 is 0. The van der Waals surface area contributed by atoms with Crippen LogP contribution in [0.1, 0.15) is 11.6 Å². The van der Waals surface area contributed by atoms with E-state index < -0.39 is 0 Å². The van der Waals surface area contributed by atoms with Gasteiger partial charge in [0.25, 0.3) is 0 Å². The molecule has 0 aliphatic heterocycles. The molecule has 3 heteroatoms. The molecule has 0 radical (unpaired) electrons. The molecule has 4 N–H and O–H groups in total. The fourth-order valence-corrected chi connectivity index (χ4v) is 0.884. The first-order chi connectivity index (χ1) is 5.65. The normalized spacial score (nSPS) is 12.4. The maximum atomic E-state index is 9.10. The van der Waals surface area contributed by atoms with Crippen LogP contribution in [-0.4, -0.2) is 10.2 Å². The van der Waals surface area contributed by atoms with E-state index in [9.17, 15) is 0 Å². The molecule has 0 aromatic heterocycles. The van der Waals surface area contributed by atoms with Crippen LogP contribution in [0.4, 0.5) is 0 Å². The van der Waals surface area contributed by atoms with Crippen molar-refractivity contribution >= 4 is 0 Å². The van der Waals surface area contributed by atoms with E-state index in [0.717, 1.165) is 5.56 Å². The lowest BCUT2D eigenvalue weighted by Gasteiger charge is -2.06. The summed E-state index contributed by atoms with van der Waals surface area (Å²) in [6, 6.07) is 4.15. The lowest BCUT2D eigenvalue weighted by atomic mass is 10.1. The fourth-order valence-electron chi connectivity index (χ4n) is 0.884. The largest absolute Gasteiger partial charge is 0.504 e. The predicted octanol–water partition coefficient (Wildman–Crippen LogP) is 1.28. The maximum absolute atomic E-state index is 9.10. The van der Waals surface area contributed by atoms with Crippen LogP contribution in [-0.2, 0) is 0 Å². The molecule has 1 aromatic rings. The van der Waals surface area contributed by atoms with Crippen molar-refractivity contribution in [3.8, 4) is 11.5 Å². The van der Waals surface area contributed by atoms with E-state index in [-0.39, 0.29) is 17.5 Å². The molecule has 3 nitrogen and oxygen atoms in total. The third kappa shape index (κ3) is 1.57. The van der Waals surface area contributed by atoms with Crippen molar-refractivity contribution in [2.75, 3.05) is 0 Å². The summed E-state index contributed by atoms with van der Waals surface area (Å²) in [4.78, 5) is 0. The minimum Gasteiger partial charge on any atom is -0.504 e. The van der Waals surface area contributed by atoms with Crippen LogP contribution in [0.2, 0.25) is 0 Å². The average Bonchev–Trinajstić information content (AvgIpc) is 2.08. The smallest absolute Gasteiger partial charge is 0.157 e. The van der Waals surface area contributed by atoms with Crippen LogP contribution in [0.25, 0.3) is 0 Å². The van der Waals surface area contributed by atoms with Gasteiger partial charge in [-0.25, -0.2) is 0 Å². The van der Waals surface area contributed by atoms with Gasteiger partial charge < -0.3 is 15.9 Å². The maximum Gasteiger partial charge on any atom is 0.157 e. The van der Waals surface area contributed by atoms with Crippen LogP contribution in [0, 0.1) is 0 Å². The number of hydrogen-bond donors (Lipinski definition) is 3. The molecule has 0 unspecified atom stereocenters. The number of phenols is 2. The van der Waals surface area contributed by atoms with Gasteiger partial charge in [-0.15, -0.1) is 6.58 Å². The van der Waals surface area contributed by atoms with Crippen molar-refractivity contribution in [3.05, 3.63) is 36.4 Å². The van der Waals surface area contributed by atoms with E-state index in [2.05, 4.69) is 6.58 Å². The van der Waals surface area contributed by atoms with Crippen LogP contribution in [0.15, 0.2) is 30.9 Å². The second-order valence-corrected chi connectivity index (χ2v) is 2.51. The van der Waals surface area contributed by atoms with Crippen molar-refractivity contribution in [3.63, 3.8) is 0 Å². The Morgan fingerprint density at radius 3 is 2.50 bits per heavy atom. The average molecular weight is 165 g/mol. The van der Waals surface area contributed by atoms with Gasteiger partial charge in [-0.2, -0.15) is 0 Å². The quantitative estimate of drug-likeness (QED) is 0.457. The minimum atomic E-state index is -0.309. The van der Waals surface area contributed by atoms with Crippen molar-refractivity contribution in [2.24, 2.45) is 5.73 Å². The summed E-state index contributed by atoms with van der Waals surface area (Å²) < 4.78 is 0. The third-order valence-corrected chi connectivity index (χ3v) is 1.64. The minimum absolute atomic E-state index is 0.144. The van der Waals surface area contributed by atoms with Gasteiger partial charge in [0, 0.05) is 6.04 Å². The summed E-state index contributed by atoms with van der Waals surface area (Å²) in [7, 11) is 0. The summed E-state index contributed by atoms with van der Waals surface area (Å²) in [6.07, 6.45) is 1.56. The van der Waals surface area contributed by atoms with Crippen molar-refractivity contribution in [2.45, 2.75) is 6.04 Å². The van der Waals surface area contributed by atoms with Gasteiger partial charge in [0.15, 0.2) is 11.5 Å². The molecule has 1 atom stereocenters. The summed E-state index contributed by atoms with van der Waals surface area (Å²) in [6.45, 7) is 3.52. The first kappa shape index (κ1) is 8.62. The van der Waals surface area contributed by atoms with E-state index >= 15 is 0 Å². The number of rotatable bonds is 2. The van der Waals surface area contributed by atoms with Gasteiger partial charge in [-0.1, -0.05) is 12.1 Å². The molecule has 0 aliphatic carbocycles. The van der Waals surface area contributed by atoms with Crippen molar-refractivity contribution in [1.82, 2.24) is 0 Å². The molecule has 0 aliphatic rings. The zero-order valence-corrected chi connectivity index (χ0v) is 6.57. The highest BCUT2D eigenvalue weighted by Crippen LogP contribution is 2.27. The van der Waals surface area contributed by atoms with E-state index in [1.54, 1.807) is 12.1 Å². The molecule has 0 bridgehead atoms. The number of phenolic OH excluding ortho intramolecular Hbond substituents is 2. The molecule has 0 fully saturated rings. The Kier molecular flexibility index (Phi) is 2.35. The number of aromatic hydroxyl groups is 2. The lowest BCUT2D eigenvalue weighted by molar-refractivity contribution is 0.403. The molecular weight excluding hydrogens is 154 g/mol. The van der Waals surface area contributed by atoms with Gasteiger partial charge in [0.2, 0.25) is 0 Å². The van der Waals surface area contributed by atoms with Crippen molar-refractivity contribution in [1.29, 1.82) is 0 Å². The first-order valence-corrected chi connectivity index (χ1v) is 3.55. The van der Waals surface area contributed by atoms with Gasteiger partial charge in [0.1, 0.15) is 0 Å². The Hall–Kier alpha value is -1.48. The monoisotopic (exact) mass is 165 g/mol. The van der Waals surface area contributed by atoms with Gasteiger partial charge in [0.05, 0.1) is 0 Å². The lowest BCUT2D eigenvalue weighted by Crippen LogP contribution is -2.05. The summed E-state index contributed by atoms with van der Waals surface area (Å²) in [5, 5.41) is 18.1. The second-order valence-electron chi connectivity index (χ2n) is 2.51. The third-order valence-electron chi connectivity index (χ3n) is 1.64. The first-order valence-electron chi connectivity index (χ1n) is 3.55. The zero-order valence-electron chi connectivity index (χ0n) is 6.57. The number of nitrogens with two attached hydrogens (primary N) is 1. The Morgan fingerprint density at radius 1 is 1.33 bits per heavy atom. The second kappa shape index (κ2) is 3.28. The van der Waals surface area contributed by atoms with E-state index in [4.69, 9.17) is 15.9 Å². The molecule has 0 amide bonds. The van der Waals surface area contributed by atoms with Crippen molar-refractivity contribution < 1.29 is 10.2 Å². The van der Waals surface area contributed by atoms with Crippen LogP contribution >= 0.6 is 0 Å². The topological polar surface area (TPSA) is 66.5 Å². The Labute approximate surface area is 70.8 Å². The molecular formula is C9H11NO2. The van der Waals surface area contributed by atoms with E-state index in [1.807, 2.05) is 0 Å². The summed E-state index contributed by atoms with van der Waals surface area (Å²) in [5.74, 6) is -0.306. The molecule has 1 rings (SSSR count). The molecule has 0 saturated carbocycles. The Bertz CT molecular complexity index is 297. The van der Waals surface area contributed by atoms with E-state index in [1.165, 1.54) is 12.1 Å². The predicted molar refractivity (Wildman–Crippen MR) is 46.9 cm³/mol. The Balaban J connectivity index is 3.04. The van der Waals surface area contributed by atoms with Gasteiger partial charge >= 0.3 is 0 Å². The molecule has 1 aromatic carbocycles. The molecule has 0 spiro atoms. The highest BCUT2D eigenvalue weighted by atomic mass is 16.3. The van der Waals surface area contributed by atoms with Crippen LogP contribution < -0.4 is 5.73 Å². The van der Waals surface area contributed by atoms with Crippen LogP contribution in [0.3, 0.4) is 0 Å². The molecule has 64 valence electrons. The summed E-state index contributed by atoms with van der Waals surface area (Å²) in [5.41, 5.74) is 6.32. The molecule has 12 heavy (non-hydrogen) atoms.